The summed E-state index contributed by atoms with van der Waals surface area (Å²) in [5.74, 6) is 0.655. The Balaban J connectivity index is 2.46. The van der Waals surface area contributed by atoms with Crippen LogP contribution in [0.4, 0.5) is 4.39 Å². The second-order valence-electron chi connectivity index (χ2n) is 4.12. The second kappa shape index (κ2) is 6.33. The van der Waals surface area contributed by atoms with Gasteiger partial charge in [-0.05, 0) is 29.8 Å². The van der Waals surface area contributed by atoms with E-state index >= 15 is 0 Å². The molecule has 0 aliphatic heterocycles. The number of hydrogen-bond acceptors (Lipinski definition) is 2. The number of alkyl halides is 1. The molecule has 1 atom stereocenters. The Morgan fingerprint density at radius 3 is 2.20 bits per heavy atom. The summed E-state index contributed by atoms with van der Waals surface area (Å²) < 4.78 is 23.4. The van der Waals surface area contributed by atoms with Crippen molar-refractivity contribution in [1.82, 2.24) is 0 Å². The zero-order valence-corrected chi connectivity index (χ0v) is 12.5. The van der Waals surface area contributed by atoms with Crippen molar-refractivity contribution in [2.45, 2.75) is 5.38 Å². The molecule has 0 fully saturated rings. The van der Waals surface area contributed by atoms with E-state index in [1.807, 2.05) is 0 Å². The van der Waals surface area contributed by atoms with E-state index in [0.29, 0.717) is 22.1 Å². The van der Waals surface area contributed by atoms with Crippen LogP contribution in [0.15, 0.2) is 36.4 Å². The number of rotatable bonds is 4. The molecule has 0 saturated heterocycles. The fourth-order valence-electron chi connectivity index (χ4n) is 1.93. The van der Waals surface area contributed by atoms with Crippen molar-refractivity contribution in [3.05, 3.63) is 58.4 Å². The van der Waals surface area contributed by atoms with Crippen molar-refractivity contribution in [3.63, 3.8) is 0 Å². The van der Waals surface area contributed by atoms with Gasteiger partial charge in [0, 0.05) is 5.56 Å². The molecule has 0 aromatic heterocycles. The molecular weight excluding hydrogens is 302 g/mol. The van der Waals surface area contributed by atoms with Crippen molar-refractivity contribution in [2.75, 3.05) is 14.2 Å². The van der Waals surface area contributed by atoms with Gasteiger partial charge < -0.3 is 9.47 Å². The van der Waals surface area contributed by atoms with Crippen LogP contribution in [0.3, 0.4) is 0 Å². The lowest BCUT2D eigenvalue weighted by atomic mass is 10.0. The number of hydrogen-bond donors (Lipinski definition) is 0. The van der Waals surface area contributed by atoms with Gasteiger partial charge in [-0.3, -0.25) is 0 Å². The zero-order chi connectivity index (χ0) is 14.7. The highest BCUT2D eigenvalue weighted by Crippen LogP contribution is 2.43. The van der Waals surface area contributed by atoms with Gasteiger partial charge in [-0.25, -0.2) is 4.39 Å². The fourth-order valence-corrected chi connectivity index (χ4v) is 2.57. The number of benzene rings is 2. The Morgan fingerprint density at radius 2 is 1.65 bits per heavy atom. The van der Waals surface area contributed by atoms with E-state index in [1.165, 1.54) is 26.4 Å². The van der Waals surface area contributed by atoms with Crippen molar-refractivity contribution >= 4 is 23.2 Å². The topological polar surface area (TPSA) is 18.5 Å². The third-order valence-electron chi connectivity index (χ3n) is 2.95. The van der Waals surface area contributed by atoms with E-state index in [4.69, 9.17) is 32.7 Å². The first kappa shape index (κ1) is 14.9. The van der Waals surface area contributed by atoms with Crippen molar-refractivity contribution < 1.29 is 13.9 Å². The molecule has 0 N–H and O–H groups in total. The molecule has 106 valence electrons. The van der Waals surface area contributed by atoms with Crippen LogP contribution in [0.25, 0.3) is 0 Å². The predicted molar refractivity (Wildman–Crippen MR) is 78.7 cm³/mol. The molecule has 0 radical (unpaired) electrons. The smallest absolute Gasteiger partial charge is 0.146 e. The molecule has 0 spiro atoms. The standard InChI is InChI=1S/C15H13Cl2FO2/c1-19-12-8-7-11(15(20-2)14(12)17)13(16)9-3-5-10(18)6-4-9/h3-8,13H,1-2H3. The van der Waals surface area contributed by atoms with E-state index in [0.717, 1.165) is 5.56 Å². The quantitative estimate of drug-likeness (QED) is 0.753. The summed E-state index contributed by atoms with van der Waals surface area (Å²) in [6.07, 6.45) is 0. The molecule has 2 nitrogen and oxygen atoms in total. The van der Waals surface area contributed by atoms with Gasteiger partial charge in [-0.2, -0.15) is 0 Å². The summed E-state index contributed by atoms with van der Waals surface area (Å²) >= 11 is 12.6. The Morgan fingerprint density at radius 1 is 1.00 bits per heavy atom. The maximum absolute atomic E-state index is 13.0. The monoisotopic (exact) mass is 314 g/mol. The molecule has 0 aliphatic rings. The van der Waals surface area contributed by atoms with E-state index in [-0.39, 0.29) is 5.82 Å². The highest BCUT2D eigenvalue weighted by atomic mass is 35.5. The number of methoxy groups -OCH3 is 2. The van der Waals surface area contributed by atoms with E-state index in [9.17, 15) is 4.39 Å². The molecule has 0 aliphatic carbocycles. The molecule has 0 bridgehead atoms. The lowest BCUT2D eigenvalue weighted by molar-refractivity contribution is 0.392. The van der Waals surface area contributed by atoms with Crippen LogP contribution < -0.4 is 9.47 Å². The number of ether oxygens (including phenoxy) is 2. The molecular formula is C15H13Cl2FO2. The van der Waals surface area contributed by atoms with Gasteiger partial charge in [-0.15, -0.1) is 11.6 Å². The van der Waals surface area contributed by atoms with Gasteiger partial charge >= 0.3 is 0 Å². The summed E-state index contributed by atoms with van der Waals surface area (Å²) in [6.45, 7) is 0. The van der Waals surface area contributed by atoms with Gasteiger partial charge in [-0.1, -0.05) is 23.7 Å². The zero-order valence-electron chi connectivity index (χ0n) is 11.0. The van der Waals surface area contributed by atoms with Crippen molar-refractivity contribution in [1.29, 1.82) is 0 Å². The predicted octanol–water partition coefficient (Wildman–Crippen LogP) is 4.82. The van der Waals surface area contributed by atoms with Crippen LogP contribution in [0, 0.1) is 5.82 Å². The molecule has 20 heavy (non-hydrogen) atoms. The minimum atomic E-state index is -0.492. The SMILES string of the molecule is COc1ccc(C(Cl)c2ccc(F)cc2)c(OC)c1Cl. The minimum Gasteiger partial charge on any atom is -0.495 e. The van der Waals surface area contributed by atoms with Gasteiger partial charge in [0.25, 0.3) is 0 Å². The molecule has 0 heterocycles. The van der Waals surface area contributed by atoms with Gasteiger partial charge in [0.05, 0.1) is 19.6 Å². The summed E-state index contributed by atoms with van der Waals surface area (Å²) in [5, 5.41) is -0.130. The molecule has 0 saturated carbocycles. The Hall–Kier alpha value is -1.45. The van der Waals surface area contributed by atoms with Gasteiger partial charge in [0.2, 0.25) is 0 Å². The number of halogens is 3. The summed E-state index contributed by atoms with van der Waals surface area (Å²) in [5.41, 5.74) is 1.46. The molecule has 2 rings (SSSR count). The first-order valence-electron chi connectivity index (χ1n) is 5.88. The maximum atomic E-state index is 13.0. The normalized spacial score (nSPS) is 12.1. The van der Waals surface area contributed by atoms with E-state index in [2.05, 4.69) is 0 Å². The third kappa shape index (κ3) is 2.84. The molecule has 2 aromatic carbocycles. The molecule has 0 amide bonds. The van der Waals surface area contributed by atoms with Gasteiger partial charge in [0.1, 0.15) is 22.3 Å². The minimum absolute atomic E-state index is 0.308. The van der Waals surface area contributed by atoms with E-state index < -0.39 is 5.38 Å². The van der Waals surface area contributed by atoms with Crippen LogP contribution in [-0.2, 0) is 0 Å². The van der Waals surface area contributed by atoms with Crippen LogP contribution in [0.2, 0.25) is 5.02 Å². The van der Waals surface area contributed by atoms with Crippen molar-refractivity contribution in [3.8, 4) is 11.5 Å². The van der Waals surface area contributed by atoms with Crippen LogP contribution in [-0.4, -0.2) is 14.2 Å². The molecule has 1 unspecified atom stereocenters. The Kier molecular flexibility index (Phi) is 4.73. The fraction of sp³-hybridized carbons (Fsp3) is 0.200. The lowest BCUT2D eigenvalue weighted by Crippen LogP contribution is -1.99. The first-order chi connectivity index (χ1) is 9.58. The molecule has 2 aromatic rings. The lowest BCUT2D eigenvalue weighted by Gasteiger charge is -2.17. The average molecular weight is 315 g/mol. The average Bonchev–Trinajstić information content (AvgIpc) is 2.47. The van der Waals surface area contributed by atoms with Crippen molar-refractivity contribution in [2.24, 2.45) is 0 Å². The first-order valence-corrected chi connectivity index (χ1v) is 6.69. The Bertz CT molecular complexity index is 600. The summed E-state index contributed by atoms with van der Waals surface area (Å²) in [7, 11) is 3.04. The van der Waals surface area contributed by atoms with Crippen LogP contribution in [0.1, 0.15) is 16.5 Å². The highest BCUT2D eigenvalue weighted by molar-refractivity contribution is 6.34. The highest BCUT2D eigenvalue weighted by Gasteiger charge is 2.20. The summed E-state index contributed by atoms with van der Waals surface area (Å²) in [4.78, 5) is 0. The third-order valence-corrected chi connectivity index (χ3v) is 3.80. The van der Waals surface area contributed by atoms with Crippen LogP contribution >= 0.6 is 23.2 Å². The maximum Gasteiger partial charge on any atom is 0.146 e. The van der Waals surface area contributed by atoms with E-state index in [1.54, 1.807) is 24.3 Å². The Labute approximate surface area is 127 Å². The summed E-state index contributed by atoms with van der Waals surface area (Å²) in [6, 6.07) is 9.49. The largest absolute Gasteiger partial charge is 0.495 e. The molecule has 5 heteroatoms. The van der Waals surface area contributed by atoms with Crippen LogP contribution in [0.5, 0.6) is 11.5 Å². The van der Waals surface area contributed by atoms with Gasteiger partial charge in [0.15, 0.2) is 0 Å². The second-order valence-corrected chi connectivity index (χ2v) is 4.93.